The van der Waals surface area contributed by atoms with Crippen molar-refractivity contribution >= 4 is 11.8 Å². The summed E-state index contributed by atoms with van der Waals surface area (Å²) in [6.07, 6.45) is 1.47. The van der Waals surface area contributed by atoms with Gasteiger partial charge in [-0.1, -0.05) is 6.07 Å². The Hall–Kier alpha value is -3.07. The zero-order chi connectivity index (χ0) is 19.1. The second-order valence-corrected chi connectivity index (χ2v) is 6.81. The van der Waals surface area contributed by atoms with Gasteiger partial charge < -0.3 is 24.7 Å². The Morgan fingerprint density at radius 2 is 2.00 bits per heavy atom. The van der Waals surface area contributed by atoms with Crippen LogP contribution in [0.1, 0.15) is 27.9 Å². The summed E-state index contributed by atoms with van der Waals surface area (Å²) in [5.41, 5.74) is 6.58. The monoisotopic (exact) mass is 371 g/mol. The summed E-state index contributed by atoms with van der Waals surface area (Å²) < 4.78 is 12.6. The lowest BCUT2D eigenvalue weighted by Gasteiger charge is -2.33. The second kappa shape index (κ2) is 6.58. The number of hydrogen-bond donors (Lipinski definition) is 1. The molecule has 2 aliphatic heterocycles. The van der Waals surface area contributed by atoms with Gasteiger partial charge in [-0.05, 0) is 31.8 Å². The maximum atomic E-state index is 13.3. The molecule has 0 fully saturated rings. The predicted molar refractivity (Wildman–Crippen MR) is 95.2 cm³/mol. The van der Waals surface area contributed by atoms with Gasteiger partial charge in [-0.3, -0.25) is 14.5 Å². The highest BCUT2D eigenvalue weighted by atomic mass is 16.7. The SMILES string of the molecule is CN(C)[C@H](C(=O)N1CCn2c(C(N)=O)cnc2C1)c1ccc2c(c1)OCO2. The fourth-order valence-electron chi connectivity index (χ4n) is 3.56. The first-order valence-corrected chi connectivity index (χ1v) is 8.64. The average Bonchev–Trinajstić information content (AvgIpc) is 3.27. The van der Waals surface area contributed by atoms with Crippen LogP contribution in [0.25, 0.3) is 0 Å². The van der Waals surface area contributed by atoms with Gasteiger partial charge in [0.1, 0.15) is 17.6 Å². The molecule has 0 unspecified atom stereocenters. The molecule has 2 aromatic rings. The number of likely N-dealkylation sites (N-methyl/N-ethyl adjacent to an activating group) is 1. The zero-order valence-electron chi connectivity index (χ0n) is 15.2. The molecule has 2 aliphatic rings. The first-order valence-electron chi connectivity index (χ1n) is 8.64. The summed E-state index contributed by atoms with van der Waals surface area (Å²) in [5.74, 6) is 1.44. The van der Waals surface area contributed by atoms with Crippen LogP contribution in [0.5, 0.6) is 11.5 Å². The third-order valence-corrected chi connectivity index (χ3v) is 4.89. The topological polar surface area (TPSA) is 103 Å². The first-order chi connectivity index (χ1) is 13.0. The largest absolute Gasteiger partial charge is 0.454 e. The molecule has 0 spiro atoms. The van der Waals surface area contributed by atoms with Crippen LogP contribution in [0.15, 0.2) is 24.4 Å². The molecule has 142 valence electrons. The highest BCUT2D eigenvalue weighted by molar-refractivity contribution is 5.91. The van der Waals surface area contributed by atoms with Crippen molar-refractivity contribution < 1.29 is 19.1 Å². The van der Waals surface area contributed by atoms with Gasteiger partial charge in [0.05, 0.1) is 12.7 Å². The number of nitrogens with zero attached hydrogens (tertiary/aromatic N) is 4. The van der Waals surface area contributed by atoms with Crippen LogP contribution in [0, 0.1) is 0 Å². The smallest absolute Gasteiger partial charge is 0.266 e. The van der Waals surface area contributed by atoms with Crippen LogP contribution in [0.4, 0.5) is 0 Å². The molecule has 1 aromatic heterocycles. The summed E-state index contributed by atoms with van der Waals surface area (Å²) in [4.78, 5) is 32.6. The number of rotatable bonds is 4. The summed E-state index contributed by atoms with van der Waals surface area (Å²) >= 11 is 0. The Bertz CT molecular complexity index is 907. The minimum atomic E-state index is -0.514. The maximum absolute atomic E-state index is 13.3. The molecule has 0 aliphatic carbocycles. The van der Waals surface area contributed by atoms with Crippen molar-refractivity contribution in [2.24, 2.45) is 5.73 Å². The number of benzene rings is 1. The van der Waals surface area contributed by atoms with E-state index in [4.69, 9.17) is 15.2 Å². The van der Waals surface area contributed by atoms with Crippen LogP contribution in [0.3, 0.4) is 0 Å². The molecule has 1 atom stereocenters. The van der Waals surface area contributed by atoms with Gasteiger partial charge >= 0.3 is 0 Å². The van der Waals surface area contributed by atoms with E-state index in [0.717, 1.165) is 5.56 Å². The lowest BCUT2D eigenvalue weighted by molar-refractivity contribution is -0.138. The number of hydrogen-bond acceptors (Lipinski definition) is 6. The molecule has 2 amide bonds. The molecule has 3 heterocycles. The zero-order valence-corrected chi connectivity index (χ0v) is 15.2. The summed E-state index contributed by atoms with van der Waals surface area (Å²) in [7, 11) is 3.73. The molecule has 0 bridgehead atoms. The van der Waals surface area contributed by atoms with E-state index in [-0.39, 0.29) is 12.7 Å². The number of primary amides is 1. The van der Waals surface area contributed by atoms with E-state index in [1.807, 2.05) is 37.2 Å². The van der Waals surface area contributed by atoms with Crippen LogP contribution < -0.4 is 15.2 Å². The van der Waals surface area contributed by atoms with Crippen molar-refractivity contribution in [1.29, 1.82) is 0 Å². The Kier molecular flexibility index (Phi) is 4.23. The van der Waals surface area contributed by atoms with Gasteiger partial charge in [0.25, 0.3) is 5.91 Å². The van der Waals surface area contributed by atoms with Gasteiger partial charge in [-0.25, -0.2) is 4.98 Å². The van der Waals surface area contributed by atoms with E-state index in [1.54, 1.807) is 9.47 Å². The van der Waals surface area contributed by atoms with Crippen molar-refractivity contribution in [1.82, 2.24) is 19.4 Å². The van der Waals surface area contributed by atoms with E-state index in [0.29, 0.717) is 42.7 Å². The fraction of sp³-hybridized carbons (Fsp3) is 0.389. The van der Waals surface area contributed by atoms with Crippen molar-refractivity contribution in [3.8, 4) is 11.5 Å². The van der Waals surface area contributed by atoms with E-state index >= 15 is 0 Å². The third-order valence-electron chi connectivity index (χ3n) is 4.89. The number of nitrogens with two attached hydrogens (primary N) is 1. The molecule has 0 saturated heterocycles. The molecule has 9 nitrogen and oxygen atoms in total. The van der Waals surface area contributed by atoms with E-state index < -0.39 is 11.9 Å². The van der Waals surface area contributed by atoms with E-state index in [1.165, 1.54) is 6.20 Å². The number of ether oxygens (including phenoxy) is 2. The molecular weight excluding hydrogens is 350 g/mol. The van der Waals surface area contributed by atoms with E-state index in [2.05, 4.69) is 4.98 Å². The lowest BCUT2D eigenvalue weighted by Crippen LogP contribution is -2.44. The van der Waals surface area contributed by atoms with Crippen molar-refractivity contribution in [3.63, 3.8) is 0 Å². The van der Waals surface area contributed by atoms with Gasteiger partial charge in [-0.2, -0.15) is 0 Å². The first kappa shape index (κ1) is 17.3. The van der Waals surface area contributed by atoms with Gasteiger partial charge in [0, 0.05) is 13.1 Å². The number of carbonyl (C=O) groups is 2. The third kappa shape index (κ3) is 2.99. The number of fused-ring (bicyclic) bond motifs is 2. The molecule has 4 rings (SSSR count). The quantitative estimate of drug-likeness (QED) is 0.832. The van der Waals surface area contributed by atoms with Crippen LogP contribution >= 0.6 is 0 Å². The number of aromatic nitrogens is 2. The van der Waals surface area contributed by atoms with Crippen molar-refractivity contribution in [2.75, 3.05) is 27.4 Å². The van der Waals surface area contributed by atoms with Gasteiger partial charge in [0.15, 0.2) is 11.5 Å². The van der Waals surface area contributed by atoms with Gasteiger partial charge in [0.2, 0.25) is 12.7 Å². The van der Waals surface area contributed by atoms with E-state index in [9.17, 15) is 9.59 Å². The normalized spacial score (nSPS) is 16.3. The molecule has 0 saturated carbocycles. The van der Waals surface area contributed by atoms with Crippen LogP contribution in [-0.2, 0) is 17.9 Å². The van der Waals surface area contributed by atoms with Crippen molar-refractivity contribution in [3.05, 3.63) is 41.5 Å². The Morgan fingerprint density at radius 1 is 1.22 bits per heavy atom. The van der Waals surface area contributed by atoms with Crippen LogP contribution in [-0.4, -0.2) is 58.6 Å². The Labute approximate surface area is 156 Å². The number of carbonyl (C=O) groups excluding carboxylic acids is 2. The fourth-order valence-corrected chi connectivity index (χ4v) is 3.56. The van der Waals surface area contributed by atoms with Crippen LogP contribution in [0.2, 0.25) is 0 Å². The number of amides is 2. The molecule has 1 aromatic carbocycles. The minimum absolute atomic E-state index is 0.0336. The molecular formula is C18H21N5O4. The highest BCUT2D eigenvalue weighted by Crippen LogP contribution is 2.35. The highest BCUT2D eigenvalue weighted by Gasteiger charge is 2.32. The Balaban J connectivity index is 1.59. The standard InChI is InChI=1S/C18H21N5O4/c1-21(2)16(11-3-4-13-14(7-11)27-10-26-13)18(25)22-5-6-23-12(17(19)24)8-20-15(23)9-22/h3-4,7-8,16H,5-6,9-10H2,1-2H3,(H2,19,24)/t16-/m0/s1. The van der Waals surface area contributed by atoms with Gasteiger partial charge in [-0.15, -0.1) is 0 Å². The number of imidazole rings is 1. The maximum Gasteiger partial charge on any atom is 0.266 e. The molecule has 9 heteroatoms. The molecule has 2 N–H and O–H groups in total. The average molecular weight is 371 g/mol. The lowest BCUT2D eigenvalue weighted by atomic mass is 10.0. The van der Waals surface area contributed by atoms with Crippen molar-refractivity contribution in [2.45, 2.75) is 19.1 Å². The minimum Gasteiger partial charge on any atom is -0.454 e. The second-order valence-electron chi connectivity index (χ2n) is 6.81. The predicted octanol–water partition coefficient (Wildman–Crippen LogP) is 0.356. The molecule has 0 radical (unpaired) electrons. The summed E-state index contributed by atoms with van der Waals surface area (Å²) in [6, 6.07) is 5.09. The summed E-state index contributed by atoms with van der Waals surface area (Å²) in [6.45, 7) is 1.50. The molecule has 27 heavy (non-hydrogen) atoms. The Morgan fingerprint density at radius 3 is 2.74 bits per heavy atom. The summed E-state index contributed by atoms with van der Waals surface area (Å²) in [5, 5.41) is 0.